The van der Waals surface area contributed by atoms with E-state index in [1.54, 1.807) is 17.7 Å². The number of carbonyl (C=O) groups excluding carboxylic acids is 1. The Kier molecular flexibility index (Phi) is 7.55. The normalized spacial score (nSPS) is 11.7. The Morgan fingerprint density at radius 1 is 1.36 bits per heavy atom. The highest BCUT2D eigenvalue weighted by Crippen LogP contribution is 2.24. The summed E-state index contributed by atoms with van der Waals surface area (Å²) in [6, 6.07) is 1.96. The van der Waals surface area contributed by atoms with Gasteiger partial charge in [-0.1, -0.05) is 23.2 Å². The molecule has 0 fully saturated rings. The minimum absolute atomic E-state index is 0.0129. The molecule has 0 atom stereocenters. The second-order valence-corrected chi connectivity index (χ2v) is 5.92. The van der Waals surface area contributed by atoms with Gasteiger partial charge in [-0.25, -0.2) is 0 Å². The fraction of sp³-hybridized carbons (Fsp3) is 0.571. The van der Waals surface area contributed by atoms with Gasteiger partial charge in [-0.05, 0) is 19.9 Å². The molecule has 1 amide bonds. The SMILES string of the molecule is CN=C(NCCC(=O)NC(C)C)NCc1cc(Cl)c(Cl)n1C. The van der Waals surface area contributed by atoms with Crippen LogP contribution in [0.1, 0.15) is 26.0 Å². The number of hydrogen-bond donors (Lipinski definition) is 3. The van der Waals surface area contributed by atoms with E-state index in [9.17, 15) is 4.79 Å². The molecular formula is C14H23Cl2N5O. The molecule has 0 saturated heterocycles. The number of rotatable bonds is 6. The highest BCUT2D eigenvalue weighted by molar-refractivity contribution is 6.41. The maximum absolute atomic E-state index is 11.5. The number of halogens is 2. The van der Waals surface area contributed by atoms with Crippen LogP contribution >= 0.6 is 23.2 Å². The summed E-state index contributed by atoms with van der Waals surface area (Å²) in [4.78, 5) is 15.7. The monoisotopic (exact) mass is 347 g/mol. The Balaban J connectivity index is 2.40. The summed E-state index contributed by atoms with van der Waals surface area (Å²) in [5.74, 6) is 0.629. The van der Waals surface area contributed by atoms with Crippen molar-refractivity contribution < 1.29 is 4.79 Å². The molecule has 0 aliphatic rings. The molecule has 1 rings (SSSR count). The van der Waals surface area contributed by atoms with Crippen LogP contribution in [0.25, 0.3) is 0 Å². The maximum Gasteiger partial charge on any atom is 0.221 e. The van der Waals surface area contributed by atoms with Crippen LogP contribution in [0.15, 0.2) is 11.1 Å². The molecule has 3 N–H and O–H groups in total. The summed E-state index contributed by atoms with van der Waals surface area (Å²) >= 11 is 12.0. The first-order valence-corrected chi connectivity index (χ1v) is 7.84. The molecule has 0 aromatic carbocycles. The zero-order valence-electron chi connectivity index (χ0n) is 13.3. The lowest BCUT2D eigenvalue weighted by Gasteiger charge is -2.13. The molecule has 8 heteroatoms. The fourth-order valence-corrected chi connectivity index (χ4v) is 2.26. The zero-order chi connectivity index (χ0) is 16.7. The predicted octanol–water partition coefficient (Wildman–Crippen LogP) is 1.91. The Hall–Kier alpha value is -1.40. The van der Waals surface area contributed by atoms with Crippen molar-refractivity contribution in [1.29, 1.82) is 0 Å². The quantitative estimate of drug-likeness (QED) is 0.543. The molecule has 0 bridgehead atoms. The fourth-order valence-electron chi connectivity index (χ4n) is 1.84. The maximum atomic E-state index is 11.5. The van der Waals surface area contributed by atoms with Crippen molar-refractivity contribution in [2.24, 2.45) is 12.0 Å². The second-order valence-electron chi connectivity index (χ2n) is 5.16. The minimum atomic E-state index is 0.0129. The molecule has 0 radical (unpaired) electrons. The third kappa shape index (κ3) is 5.77. The average molecular weight is 348 g/mol. The van der Waals surface area contributed by atoms with Gasteiger partial charge >= 0.3 is 0 Å². The number of guanidine groups is 1. The van der Waals surface area contributed by atoms with Crippen molar-refractivity contribution in [1.82, 2.24) is 20.5 Å². The molecule has 0 aliphatic heterocycles. The number of aliphatic imine (C=N–C) groups is 1. The number of hydrogen-bond acceptors (Lipinski definition) is 2. The summed E-state index contributed by atoms with van der Waals surface area (Å²) in [6.07, 6.45) is 0.390. The van der Waals surface area contributed by atoms with Crippen molar-refractivity contribution in [3.8, 4) is 0 Å². The average Bonchev–Trinajstić information content (AvgIpc) is 2.69. The molecule has 1 aromatic heterocycles. The number of nitrogens with one attached hydrogen (secondary N) is 3. The Morgan fingerprint density at radius 3 is 2.55 bits per heavy atom. The molecule has 0 spiro atoms. The first-order chi connectivity index (χ1) is 10.3. The third-order valence-electron chi connectivity index (χ3n) is 2.97. The molecule has 22 heavy (non-hydrogen) atoms. The van der Waals surface area contributed by atoms with Gasteiger partial charge in [0.05, 0.1) is 11.6 Å². The van der Waals surface area contributed by atoms with Crippen LogP contribution in [0.2, 0.25) is 10.2 Å². The van der Waals surface area contributed by atoms with Gasteiger partial charge in [-0.15, -0.1) is 0 Å². The van der Waals surface area contributed by atoms with E-state index in [4.69, 9.17) is 23.2 Å². The summed E-state index contributed by atoms with van der Waals surface area (Å²) in [5.41, 5.74) is 0.940. The second kappa shape index (κ2) is 8.90. The van der Waals surface area contributed by atoms with Crippen molar-refractivity contribution in [2.45, 2.75) is 32.9 Å². The van der Waals surface area contributed by atoms with Gasteiger partial charge in [-0.2, -0.15) is 0 Å². The van der Waals surface area contributed by atoms with Gasteiger partial charge in [0.15, 0.2) is 5.96 Å². The number of carbonyl (C=O) groups is 1. The highest BCUT2D eigenvalue weighted by atomic mass is 35.5. The highest BCUT2D eigenvalue weighted by Gasteiger charge is 2.09. The third-order valence-corrected chi connectivity index (χ3v) is 3.81. The van der Waals surface area contributed by atoms with Crippen LogP contribution in [0.3, 0.4) is 0 Å². The van der Waals surface area contributed by atoms with E-state index in [0.717, 1.165) is 5.69 Å². The molecule has 0 unspecified atom stereocenters. The van der Waals surface area contributed by atoms with Gasteiger partial charge < -0.3 is 20.5 Å². The van der Waals surface area contributed by atoms with Crippen LogP contribution in [0, 0.1) is 0 Å². The standard InChI is InChI=1S/C14H23Cl2N5O/c1-9(2)20-12(22)5-6-18-14(17-3)19-8-10-7-11(15)13(16)21(10)4/h7,9H,5-6,8H2,1-4H3,(H,20,22)(H2,17,18,19). The largest absolute Gasteiger partial charge is 0.356 e. The minimum Gasteiger partial charge on any atom is -0.356 e. The Morgan fingerprint density at radius 2 is 2.05 bits per heavy atom. The van der Waals surface area contributed by atoms with E-state index in [1.165, 1.54) is 0 Å². The summed E-state index contributed by atoms with van der Waals surface area (Å²) in [7, 11) is 3.52. The van der Waals surface area contributed by atoms with Gasteiger partial charge in [0.2, 0.25) is 5.91 Å². The van der Waals surface area contributed by atoms with E-state index in [-0.39, 0.29) is 11.9 Å². The molecule has 0 aliphatic carbocycles. The van der Waals surface area contributed by atoms with Gasteiger partial charge in [-0.3, -0.25) is 9.79 Å². The molecule has 124 valence electrons. The lowest BCUT2D eigenvalue weighted by Crippen LogP contribution is -2.39. The summed E-state index contributed by atoms with van der Waals surface area (Å²) < 4.78 is 1.81. The lowest BCUT2D eigenvalue weighted by atomic mass is 10.3. The van der Waals surface area contributed by atoms with Crippen LogP contribution in [-0.2, 0) is 18.4 Å². The van der Waals surface area contributed by atoms with Gasteiger partial charge in [0.1, 0.15) is 5.15 Å². The zero-order valence-corrected chi connectivity index (χ0v) is 14.8. The molecule has 0 saturated carbocycles. The Bertz CT molecular complexity index is 540. The van der Waals surface area contributed by atoms with Crippen molar-refractivity contribution in [3.63, 3.8) is 0 Å². The molecule has 1 aromatic rings. The molecule has 1 heterocycles. The van der Waals surface area contributed by atoms with Crippen LogP contribution in [0.5, 0.6) is 0 Å². The van der Waals surface area contributed by atoms with E-state index in [1.807, 2.05) is 20.9 Å². The number of nitrogens with zero attached hydrogens (tertiary/aromatic N) is 2. The van der Waals surface area contributed by atoms with Crippen LogP contribution < -0.4 is 16.0 Å². The van der Waals surface area contributed by atoms with Gasteiger partial charge in [0.25, 0.3) is 0 Å². The number of amides is 1. The van der Waals surface area contributed by atoms with Gasteiger partial charge in [0, 0.05) is 38.8 Å². The van der Waals surface area contributed by atoms with E-state index >= 15 is 0 Å². The van der Waals surface area contributed by atoms with Crippen molar-refractivity contribution in [3.05, 3.63) is 21.9 Å². The smallest absolute Gasteiger partial charge is 0.221 e. The summed E-state index contributed by atoms with van der Waals surface area (Å²) in [6.45, 7) is 4.90. The predicted molar refractivity (Wildman–Crippen MR) is 91.5 cm³/mol. The van der Waals surface area contributed by atoms with Crippen molar-refractivity contribution >= 4 is 35.1 Å². The first-order valence-electron chi connectivity index (χ1n) is 7.08. The van der Waals surface area contributed by atoms with Crippen LogP contribution in [0.4, 0.5) is 0 Å². The number of aromatic nitrogens is 1. The van der Waals surface area contributed by atoms with Crippen LogP contribution in [-0.4, -0.2) is 36.1 Å². The van der Waals surface area contributed by atoms with Crippen molar-refractivity contribution in [2.75, 3.05) is 13.6 Å². The molecular weight excluding hydrogens is 325 g/mol. The Labute approximate surface area is 141 Å². The van der Waals surface area contributed by atoms with E-state index in [0.29, 0.717) is 35.6 Å². The van der Waals surface area contributed by atoms with E-state index < -0.39 is 0 Å². The topological polar surface area (TPSA) is 70.4 Å². The first kappa shape index (κ1) is 18.6. The lowest BCUT2D eigenvalue weighted by molar-refractivity contribution is -0.121. The molecule has 6 nitrogen and oxygen atoms in total. The summed E-state index contributed by atoms with van der Waals surface area (Å²) in [5, 5.41) is 10.1. The van der Waals surface area contributed by atoms with E-state index in [2.05, 4.69) is 20.9 Å².